The largest absolute Gasteiger partial charge is 0.453 e. The minimum Gasteiger partial charge on any atom is -0.453 e. The molecule has 2 atom stereocenters. The third-order valence-electron chi connectivity index (χ3n) is 4.11. The Morgan fingerprint density at radius 3 is 2.59 bits per heavy atom. The maximum atomic E-state index is 15.1. The number of amides is 1. The van der Waals surface area contributed by atoms with Crippen molar-refractivity contribution in [3.8, 4) is 11.5 Å². The molecule has 0 aromatic heterocycles. The van der Waals surface area contributed by atoms with Gasteiger partial charge >= 0.3 is 0 Å². The van der Waals surface area contributed by atoms with Crippen molar-refractivity contribution in [3.05, 3.63) is 58.9 Å². The highest BCUT2D eigenvalue weighted by Crippen LogP contribution is 2.36. The lowest BCUT2D eigenvalue weighted by molar-refractivity contribution is -0.122. The van der Waals surface area contributed by atoms with Crippen molar-refractivity contribution in [2.45, 2.75) is 32.4 Å². The van der Waals surface area contributed by atoms with E-state index < -0.39 is 11.9 Å². The summed E-state index contributed by atoms with van der Waals surface area (Å²) in [5.41, 5.74) is 5.79. The highest BCUT2D eigenvalue weighted by Gasteiger charge is 2.23. The fourth-order valence-electron chi connectivity index (χ4n) is 2.67. The van der Waals surface area contributed by atoms with Crippen LogP contribution in [0, 0.1) is 5.82 Å². The molecule has 0 bridgehead atoms. The molecule has 0 radical (unpaired) electrons. The molecular formula is C20H25ClFN3O2. The molecule has 2 rings (SSSR count). The Hall–Kier alpha value is -2.15. The number of nitrogens with two attached hydrogens (primary N) is 1. The van der Waals surface area contributed by atoms with Crippen LogP contribution in [-0.2, 0) is 4.79 Å². The Bertz CT molecular complexity index is 758. The number of rotatable bonds is 9. The van der Waals surface area contributed by atoms with Crippen molar-refractivity contribution < 1.29 is 13.9 Å². The number of benzene rings is 2. The molecule has 5 nitrogen and oxygen atoms in total. The SMILES string of the molecule is CC[C@H](N[C@H](C)C(=O)NCCN)c1ccc(Cl)c(Oc2ccccc2)c1F. The molecule has 2 aromatic rings. The van der Waals surface area contributed by atoms with E-state index in [1.54, 1.807) is 43.3 Å². The standard InChI is InChI=1S/C20H25ClFN3O2/c1-3-17(25-13(2)20(26)24-12-11-23)15-9-10-16(21)19(18(15)22)27-14-7-5-4-6-8-14/h4-10,13,17,25H,3,11-12,23H2,1-2H3,(H,24,26)/t13-,17+/m1/s1. The zero-order chi connectivity index (χ0) is 19.8. The quantitative estimate of drug-likeness (QED) is 0.606. The van der Waals surface area contributed by atoms with E-state index in [1.165, 1.54) is 0 Å². The van der Waals surface area contributed by atoms with Crippen LogP contribution < -0.4 is 21.1 Å². The topological polar surface area (TPSA) is 76.4 Å². The number of carbonyl (C=O) groups excluding carboxylic acids is 1. The molecule has 7 heteroatoms. The highest BCUT2D eigenvalue weighted by atomic mass is 35.5. The van der Waals surface area contributed by atoms with Crippen LogP contribution >= 0.6 is 11.6 Å². The first-order valence-electron chi connectivity index (χ1n) is 8.92. The van der Waals surface area contributed by atoms with Crippen LogP contribution in [0.1, 0.15) is 31.9 Å². The molecule has 0 fully saturated rings. The maximum Gasteiger partial charge on any atom is 0.236 e. The molecule has 4 N–H and O–H groups in total. The molecule has 27 heavy (non-hydrogen) atoms. The van der Waals surface area contributed by atoms with Gasteiger partial charge in [0.05, 0.1) is 11.1 Å². The Kier molecular flexibility index (Phi) is 8.03. The van der Waals surface area contributed by atoms with Gasteiger partial charge in [0.25, 0.3) is 0 Å². The van der Waals surface area contributed by atoms with Crippen molar-refractivity contribution >= 4 is 17.5 Å². The zero-order valence-electron chi connectivity index (χ0n) is 15.5. The summed E-state index contributed by atoms with van der Waals surface area (Å²) in [7, 11) is 0. The van der Waals surface area contributed by atoms with E-state index in [0.717, 1.165) is 0 Å². The average Bonchev–Trinajstić information content (AvgIpc) is 2.68. The molecule has 0 saturated heterocycles. The van der Waals surface area contributed by atoms with Crippen molar-refractivity contribution in [3.63, 3.8) is 0 Å². The molecular weight excluding hydrogens is 369 g/mol. The summed E-state index contributed by atoms with van der Waals surface area (Å²) in [4.78, 5) is 12.1. The predicted octanol–water partition coefficient (Wildman–Crippen LogP) is 3.78. The first-order valence-corrected chi connectivity index (χ1v) is 9.30. The molecule has 146 valence electrons. The number of halogens is 2. The Labute approximate surface area is 164 Å². The van der Waals surface area contributed by atoms with Crippen LogP contribution in [0.15, 0.2) is 42.5 Å². The second-order valence-electron chi connectivity index (χ2n) is 6.12. The van der Waals surface area contributed by atoms with Gasteiger partial charge < -0.3 is 15.8 Å². The van der Waals surface area contributed by atoms with Gasteiger partial charge in [-0.05, 0) is 31.5 Å². The molecule has 0 aliphatic rings. The van der Waals surface area contributed by atoms with E-state index >= 15 is 4.39 Å². The third kappa shape index (κ3) is 5.66. The van der Waals surface area contributed by atoms with Crippen molar-refractivity contribution in [1.82, 2.24) is 10.6 Å². The molecule has 0 heterocycles. The van der Waals surface area contributed by atoms with Gasteiger partial charge in [-0.2, -0.15) is 0 Å². The predicted molar refractivity (Wildman–Crippen MR) is 106 cm³/mol. The van der Waals surface area contributed by atoms with Crippen LogP contribution in [-0.4, -0.2) is 25.0 Å². The monoisotopic (exact) mass is 393 g/mol. The lowest BCUT2D eigenvalue weighted by atomic mass is 10.0. The number of para-hydroxylation sites is 1. The summed E-state index contributed by atoms with van der Waals surface area (Å²) < 4.78 is 20.8. The number of nitrogens with one attached hydrogen (secondary N) is 2. The van der Waals surface area contributed by atoms with Gasteiger partial charge in [-0.3, -0.25) is 10.1 Å². The fraction of sp³-hybridized carbons (Fsp3) is 0.350. The molecule has 0 aliphatic carbocycles. The Balaban J connectivity index is 2.22. The van der Waals surface area contributed by atoms with E-state index in [4.69, 9.17) is 22.1 Å². The van der Waals surface area contributed by atoms with Crippen LogP contribution in [0.5, 0.6) is 11.5 Å². The minimum absolute atomic E-state index is 0.0270. The van der Waals surface area contributed by atoms with Gasteiger partial charge in [-0.1, -0.05) is 42.8 Å². The van der Waals surface area contributed by atoms with Gasteiger partial charge in [0.2, 0.25) is 5.91 Å². The van der Waals surface area contributed by atoms with Crippen molar-refractivity contribution in [2.24, 2.45) is 5.73 Å². The first kappa shape index (κ1) is 21.2. The number of ether oxygens (including phenoxy) is 1. The second kappa shape index (κ2) is 10.3. The lowest BCUT2D eigenvalue weighted by Crippen LogP contribution is -2.45. The first-order chi connectivity index (χ1) is 13.0. The van der Waals surface area contributed by atoms with Gasteiger partial charge in [0.15, 0.2) is 11.6 Å². The molecule has 0 spiro atoms. The number of hydrogen-bond acceptors (Lipinski definition) is 4. The summed E-state index contributed by atoms with van der Waals surface area (Å²) >= 11 is 6.15. The normalized spacial score (nSPS) is 13.1. The lowest BCUT2D eigenvalue weighted by Gasteiger charge is -2.23. The Morgan fingerprint density at radius 1 is 1.26 bits per heavy atom. The molecule has 0 aliphatic heterocycles. The van der Waals surface area contributed by atoms with E-state index in [1.807, 2.05) is 13.0 Å². The zero-order valence-corrected chi connectivity index (χ0v) is 16.2. The van der Waals surface area contributed by atoms with Gasteiger partial charge in [0.1, 0.15) is 5.75 Å². The molecule has 1 amide bonds. The second-order valence-corrected chi connectivity index (χ2v) is 6.53. The highest BCUT2D eigenvalue weighted by molar-refractivity contribution is 6.32. The summed E-state index contributed by atoms with van der Waals surface area (Å²) in [5, 5.41) is 6.05. The van der Waals surface area contributed by atoms with Crippen LogP contribution in [0.2, 0.25) is 5.02 Å². The van der Waals surface area contributed by atoms with Gasteiger partial charge in [-0.15, -0.1) is 0 Å². The van der Waals surface area contributed by atoms with Crippen molar-refractivity contribution in [1.29, 1.82) is 0 Å². The summed E-state index contributed by atoms with van der Waals surface area (Å²) in [5.74, 6) is -0.263. The van der Waals surface area contributed by atoms with Crippen LogP contribution in [0.3, 0.4) is 0 Å². The fourth-order valence-corrected chi connectivity index (χ4v) is 2.85. The Morgan fingerprint density at radius 2 is 1.96 bits per heavy atom. The summed E-state index contributed by atoms with van der Waals surface area (Å²) in [6.07, 6.45) is 0.581. The van der Waals surface area contributed by atoms with Crippen LogP contribution in [0.25, 0.3) is 0 Å². The van der Waals surface area contributed by atoms with Gasteiger partial charge in [0, 0.05) is 24.7 Å². The molecule has 2 aromatic carbocycles. The smallest absolute Gasteiger partial charge is 0.236 e. The van der Waals surface area contributed by atoms with E-state index in [2.05, 4.69) is 10.6 Å². The summed E-state index contributed by atoms with van der Waals surface area (Å²) in [6.45, 7) is 4.39. The van der Waals surface area contributed by atoms with E-state index in [-0.39, 0.29) is 22.7 Å². The van der Waals surface area contributed by atoms with Gasteiger partial charge in [-0.25, -0.2) is 4.39 Å². The minimum atomic E-state index is -0.541. The maximum absolute atomic E-state index is 15.1. The average molecular weight is 394 g/mol. The summed E-state index contributed by atoms with van der Waals surface area (Å²) in [6, 6.07) is 11.2. The van der Waals surface area contributed by atoms with E-state index in [0.29, 0.717) is 30.8 Å². The van der Waals surface area contributed by atoms with Crippen molar-refractivity contribution in [2.75, 3.05) is 13.1 Å². The molecule has 0 saturated carbocycles. The number of carbonyl (C=O) groups is 1. The molecule has 0 unspecified atom stereocenters. The van der Waals surface area contributed by atoms with E-state index in [9.17, 15) is 4.79 Å². The third-order valence-corrected chi connectivity index (χ3v) is 4.41. The number of hydrogen-bond donors (Lipinski definition) is 3. The van der Waals surface area contributed by atoms with Crippen LogP contribution in [0.4, 0.5) is 4.39 Å².